The molecule has 0 radical (unpaired) electrons. The van der Waals surface area contributed by atoms with Crippen LogP contribution in [0.3, 0.4) is 0 Å². The molecule has 0 bridgehead atoms. The van der Waals surface area contributed by atoms with Crippen molar-refractivity contribution in [2.45, 2.75) is 6.54 Å². The van der Waals surface area contributed by atoms with Crippen LogP contribution in [0.4, 0.5) is 5.69 Å². The summed E-state index contributed by atoms with van der Waals surface area (Å²) in [5.74, 6) is 0. The number of fused-ring (bicyclic) bond motifs is 1. The highest BCUT2D eigenvalue weighted by Gasteiger charge is 2.18. The standard InChI is InChI=1S/C19H20N2S/c1-2-5-16(6-3-1)15-20-10-12-21(13-11-20)18-8-4-7-17-9-14-22-19(17)18/h1-9,14H,10-13,15H2. The van der Waals surface area contributed by atoms with Crippen LogP contribution in [0.5, 0.6) is 0 Å². The maximum atomic E-state index is 2.56. The number of anilines is 1. The summed E-state index contributed by atoms with van der Waals surface area (Å²) >= 11 is 1.86. The molecule has 2 nitrogen and oxygen atoms in total. The SMILES string of the molecule is c1ccc(CN2CCN(c3cccc4ccsc34)CC2)cc1. The molecule has 2 aromatic carbocycles. The molecule has 0 amide bonds. The third-order valence-corrected chi connectivity index (χ3v) is 5.37. The van der Waals surface area contributed by atoms with Crippen LogP contribution in [-0.2, 0) is 6.54 Å². The number of piperazine rings is 1. The van der Waals surface area contributed by atoms with Crippen LogP contribution in [0.15, 0.2) is 60.0 Å². The van der Waals surface area contributed by atoms with Gasteiger partial charge in [-0.05, 0) is 28.5 Å². The van der Waals surface area contributed by atoms with Crippen molar-refractivity contribution in [3.8, 4) is 0 Å². The highest BCUT2D eigenvalue weighted by molar-refractivity contribution is 7.17. The third-order valence-electron chi connectivity index (χ3n) is 4.42. The lowest BCUT2D eigenvalue weighted by Gasteiger charge is -2.36. The van der Waals surface area contributed by atoms with Gasteiger partial charge in [-0.3, -0.25) is 4.90 Å². The molecule has 4 rings (SSSR count). The molecule has 2 heterocycles. The summed E-state index contributed by atoms with van der Waals surface area (Å²) in [5, 5.41) is 3.56. The van der Waals surface area contributed by atoms with Gasteiger partial charge in [-0.25, -0.2) is 0 Å². The Morgan fingerprint density at radius 1 is 0.818 bits per heavy atom. The first-order valence-corrected chi connectivity index (χ1v) is 8.75. The van der Waals surface area contributed by atoms with Crippen LogP contribution >= 0.6 is 11.3 Å². The largest absolute Gasteiger partial charge is 0.368 e. The molecule has 112 valence electrons. The molecule has 1 saturated heterocycles. The monoisotopic (exact) mass is 308 g/mol. The number of rotatable bonds is 3. The molecule has 1 aliphatic rings. The number of hydrogen-bond acceptors (Lipinski definition) is 3. The minimum atomic E-state index is 1.07. The average Bonchev–Trinajstić information content (AvgIpc) is 3.05. The fourth-order valence-electron chi connectivity index (χ4n) is 3.21. The van der Waals surface area contributed by atoms with Gasteiger partial charge in [-0.1, -0.05) is 42.5 Å². The highest BCUT2D eigenvalue weighted by Crippen LogP contribution is 2.31. The first kappa shape index (κ1) is 13.8. The van der Waals surface area contributed by atoms with Gasteiger partial charge >= 0.3 is 0 Å². The first-order valence-electron chi connectivity index (χ1n) is 7.87. The molecule has 3 heteroatoms. The summed E-state index contributed by atoms with van der Waals surface area (Å²) in [4.78, 5) is 5.10. The van der Waals surface area contributed by atoms with Gasteiger partial charge in [-0.2, -0.15) is 0 Å². The Morgan fingerprint density at radius 2 is 1.64 bits per heavy atom. The molecule has 1 fully saturated rings. The maximum Gasteiger partial charge on any atom is 0.0576 e. The Morgan fingerprint density at radius 3 is 2.45 bits per heavy atom. The van der Waals surface area contributed by atoms with E-state index < -0.39 is 0 Å². The number of thiophene rings is 1. The molecule has 0 saturated carbocycles. The number of nitrogens with zero attached hydrogens (tertiary/aromatic N) is 2. The third kappa shape index (κ3) is 2.74. The molecular weight excluding hydrogens is 288 g/mol. The van der Waals surface area contributed by atoms with Crippen molar-refractivity contribution < 1.29 is 0 Å². The van der Waals surface area contributed by atoms with E-state index in [2.05, 4.69) is 69.8 Å². The zero-order valence-electron chi connectivity index (χ0n) is 12.6. The molecule has 0 atom stereocenters. The molecule has 0 spiro atoms. The van der Waals surface area contributed by atoms with Crippen LogP contribution < -0.4 is 4.90 Å². The summed E-state index contributed by atoms with van der Waals surface area (Å²) in [7, 11) is 0. The van der Waals surface area contributed by atoms with Crippen molar-refractivity contribution in [2.75, 3.05) is 31.1 Å². The minimum Gasteiger partial charge on any atom is -0.368 e. The van der Waals surface area contributed by atoms with Crippen molar-refractivity contribution in [1.82, 2.24) is 4.90 Å². The Labute approximate surface area is 135 Å². The Kier molecular flexibility index (Phi) is 3.83. The van der Waals surface area contributed by atoms with Gasteiger partial charge in [0, 0.05) is 32.7 Å². The fourth-order valence-corrected chi connectivity index (χ4v) is 4.16. The smallest absolute Gasteiger partial charge is 0.0576 e. The van der Waals surface area contributed by atoms with Gasteiger partial charge in [-0.15, -0.1) is 11.3 Å². The van der Waals surface area contributed by atoms with Crippen molar-refractivity contribution in [3.05, 3.63) is 65.5 Å². The summed E-state index contributed by atoms with van der Waals surface area (Å²) in [6, 6.07) is 19.7. The second kappa shape index (κ2) is 6.11. The van der Waals surface area contributed by atoms with Crippen LogP contribution in [0, 0.1) is 0 Å². The van der Waals surface area contributed by atoms with E-state index in [0.717, 1.165) is 32.7 Å². The van der Waals surface area contributed by atoms with E-state index in [1.165, 1.54) is 21.3 Å². The quantitative estimate of drug-likeness (QED) is 0.714. The summed E-state index contributed by atoms with van der Waals surface area (Å²) in [6.07, 6.45) is 0. The van der Waals surface area contributed by atoms with E-state index in [1.807, 2.05) is 11.3 Å². The Hall–Kier alpha value is -1.84. The zero-order valence-corrected chi connectivity index (χ0v) is 13.4. The Balaban J connectivity index is 1.45. The maximum absolute atomic E-state index is 2.56. The van der Waals surface area contributed by atoms with E-state index in [4.69, 9.17) is 0 Å². The minimum absolute atomic E-state index is 1.07. The number of benzene rings is 2. The summed E-state index contributed by atoms with van der Waals surface area (Å²) in [5.41, 5.74) is 2.82. The molecule has 0 unspecified atom stereocenters. The lowest BCUT2D eigenvalue weighted by Crippen LogP contribution is -2.46. The second-order valence-corrected chi connectivity index (χ2v) is 6.78. The van der Waals surface area contributed by atoms with Gasteiger partial charge in [0.1, 0.15) is 0 Å². The normalized spacial score (nSPS) is 16.3. The number of hydrogen-bond donors (Lipinski definition) is 0. The summed E-state index contributed by atoms with van der Waals surface area (Å²) in [6.45, 7) is 5.57. The van der Waals surface area contributed by atoms with Crippen LogP contribution in [0.25, 0.3) is 10.1 Å². The molecule has 1 aromatic heterocycles. The van der Waals surface area contributed by atoms with Crippen LogP contribution in [0.2, 0.25) is 0 Å². The van der Waals surface area contributed by atoms with Gasteiger partial charge in [0.25, 0.3) is 0 Å². The van der Waals surface area contributed by atoms with Crippen molar-refractivity contribution in [1.29, 1.82) is 0 Å². The predicted molar refractivity (Wildman–Crippen MR) is 95.8 cm³/mol. The summed E-state index contributed by atoms with van der Waals surface area (Å²) < 4.78 is 1.43. The van der Waals surface area contributed by atoms with E-state index in [9.17, 15) is 0 Å². The molecule has 22 heavy (non-hydrogen) atoms. The second-order valence-electron chi connectivity index (χ2n) is 5.86. The van der Waals surface area contributed by atoms with Crippen molar-refractivity contribution in [3.63, 3.8) is 0 Å². The lowest BCUT2D eigenvalue weighted by atomic mass is 10.1. The molecule has 3 aromatic rings. The molecular formula is C19H20N2S. The van der Waals surface area contributed by atoms with Gasteiger partial charge in [0.2, 0.25) is 0 Å². The van der Waals surface area contributed by atoms with E-state index in [-0.39, 0.29) is 0 Å². The van der Waals surface area contributed by atoms with Gasteiger partial charge in [0.05, 0.1) is 10.4 Å². The van der Waals surface area contributed by atoms with Gasteiger partial charge in [0.15, 0.2) is 0 Å². The zero-order chi connectivity index (χ0) is 14.8. The van der Waals surface area contributed by atoms with E-state index in [1.54, 1.807) is 0 Å². The first-order chi connectivity index (χ1) is 10.9. The molecule has 0 aliphatic carbocycles. The predicted octanol–water partition coefficient (Wildman–Crippen LogP) is 4.22. The van der Waals surface area contributed by atoms with E-state index in [0.29, 0.717) is 0 Å². The Bertz CT molecular complexity index is 742. The van der Waals surface area contributed by atoms with Crippen molar-refractivity contribution >= 4 is 27.1 Å². The van der Waals surface area contributed by atoms with E-state index >= 15 is 0 Å². The molecule has 1 aliphatic heterocycles. The highest BCUT2D eigenvalue weighted by atomic mass is 32.1. The van der Waals surface area contributed by atoms with Gasteiger partial charge < -0.3 is 4.90 Å². The van der Waals surface area contributed by atoms with Crippen LogP contribution in [0.1, 0.15) is 5.56 Å². The molecule has 0 N–H and O–H groups in total. The van der Waals surface area contributed by atoms with Crippen LogP contribution in [-0.4, -0.2) is 31.1 Å². The lowest BCUT2D eigenvalue weighted by molar-refractivity contribution is 0.250. The topological polar surface area (TPSA) is 6.48 Å². The average molecular weight is 308 g/mol. The van der Waals surface area contributed by atoms with Crippen molar-refractivity contribution in [2.24, 2.45) is 0 Å². The fraction of sp³-hybridized carbons (Fsp3) is 0.263.